The molecule has 0 N–H and O–H groups in total. The van der Waals surface area contributed by atoms with Gasteiger partial charge in [0, 0.05) is 24.2 Å². The molecule has 0 amide bonds. The summed E-state index contributed by atoms with van der Waals surface area (Å²) < 4.78 is 1.65. The van der Waals surface area contributed by atoms with E-state index in [0.29, 0.717) is 11.2 Å². The quantitative estimate of drug-likeness (QED) is 0.620. The first-order valence-electron chi connectivity index (χ1n) is 5.08. The Morgan fingerprint density at radius 1 is 1.12 bits per heavy atom. The van der Waals surface area contributed by atoms with Gasteiger partial charge in [-0.1, -0.05) is 0 Å². The lowest BCUT2D eigenvalue weighted by Crippen LogP contribution is -1.96. The highest BCUT2D eigenvalue weighted by Crippen LogP contribution is 2.19. The third-order valence-corrected chi connectivity index (χ3v) is 2.53. The molecule has 0 saturated heterocycles. The monoisotopic (exact) mass is 224 g/mol. The van der Waals surface area contributed by atoms with E-state index < -0.39 is 0 Å². The molecule has 0 aliphatic rings. The van der Waals surface area contributed by atoms with E-state index in [9.17, 15) is 4.79 Å². The summed E-state index contributed by atoms with van der Waals surface area (Å²) in [6, 6.07) is 5.62. The third kappa shape index (κ3) is 1.48. The van der Waals surface area contributed by atoms with Crippen molar-refractivity contribution in [2.45, 2.75) is 0 Å². The maximum atomic E-state index is 10.8. The van der Waals surface area contributed by atoms with Crippen molar-refractivity contribution >= 4 is 11.9 Å². The van der Waals surface area contributed by atoms with Crippen LogP contribution >= 0.6 is 0 Å². The molecule has 0 atom stereocenters. The van der Waals surface area contributed by atoms with E-state index in [2.05, 4.69) is 15.1 Å². The van der Waals surface area contributed by atoms with Gasteiger partial charge < -0.3 is 0 Å². The number of aromatic nitrogens is 4. The third-order valence-electron chi connectivity index (χ3n) is 2.53. The molecule has 0 aromatic carbocycles. The van der Waals surface area contributed by atoms with Crippen LogP contribution in [0.2, 0.25) is 0 Å². The van der Waals surface area contributed by atoms with Gasteiger partial charge in [-0.15, -0.1) is 0 Å². The lowest BCUT2D eigenvalue weighted by Gasteiger charge is -2.03. The van der Waals surface area contributed by atoms with Crippen LogP contribution < -0.4 is 0 Å². The van der Waals surface area contributed by atoms with E-state index in [1.165, 1.54) is 6.20 Å². The van der Waals surface area contributed by atoms with Crippen molar-refractivity contribution in [3.63, 3.8) is 0 Å². The number of rotatable bonds is 2. The molecular formula is C12H8N4O. The zero-order valence-corrected chi connectivity index (χ0v) is 8.82. The van der Waals surface area contributed by atoms with Gasteiger partial charge in [0.05, 0.1) is 17.5 Å². The Kier molecular flexibility index (Phi) is 2.15. The van der Waals surface area contributed by atoms with Crippen molar-refractivity contribution in [3.8, 4) is 11.3 Å². The number of aldehydes is 1. The lowest BCUT2D eigenvalue weighted by molar-refractivity contribution is 0.112. The van der Waals surface area contributed by atoms with Gasteiger partial charge in [0.1, 0.15) is 0 Å². The van der Waals surface area contributed by atoms with Gasteiger partial charge in [0.2, 0.25) is 0 Å². The second-order valence-corrected chi connectivity index (χ2v) is 3.52. The second-order valence-electron chi connectivity index (χ2n) is 3.52. The Bertz CT molecular complexity index is 675. The SMILES string of the molecule is O=Cc1cnn2c(-c3ccncc3)ccnc12. The van der Waals surface area contributed by atoms with Gasteiger partial charge in [-0.3, -0.25) is 9.78 Å². The lowest BCUT2D eigenvalue weighted by atomic mass is 10.2. The van der Waals surface area contributed by atoms with Gasteiger partial charge in [0.25, 0.3) is 0 Å². The standard InChI is InChI=1S/C12H8N4O/c17-8-10-7-15-16-11(3-6-14-12(10)16)9-1-4-13-5-2-9/h1-8H. The molecule has 0 aliphatic carbocycles. The molecule has 0 radical (unpaired) electrons. The van der Waals surface area contributed by atoms with Gasteiger partial charge in [-0.05, 0) is 18.2 Å². The van der Waals surface area contributed by atoms with Crippen molar-refractivity contribution in [1.82, 2.24) is 19.6 Å². The van der Waals surface area contributed by atoms with Crippen molar-refractivity contribution in [1.29, 1.82) is 0 Å². The summed E-state index contributed by atoms with van der Waals surface area (Å²) in [5.41, 5.74) is 2.91. The first-order valence-corrected chi connectivity index (χ1v) is 5.08. The molecule has 3 aromatic rings. The maximum absolute atomic E-state index is 10.8. The summed E-state index contributed by atoms with van der Waals surface area (Å²) >= 11 is 0. The van der Waals surface area contributed by atoms with E-state index in [-0.39, 0.29) is 0 Å². The fraction of sp³-hybridized carbons (Fsp3) is 0. The Hall–Kier alpha value is -2.56. The average molecular weight is 224 g/mol. The van der Waals surface area contributed by atoms with Crippen LogP contribution in [0.5, 0.6) is 0 Å². The molecule has 5 nitrogen and oxygen atoms in total. The van der Waals surface area contributed by atoms with Gasteiger partial charge in [-0.25, -0.2) is 9.50 Å². The summed E-state index contributed by atoms with van der Waals surface area (Å²) in [5, 5.41) is 4.17. The van der Waals surface area contributed by atoms with Crippen LogP contribution in [-0.2, 0) is 0 Å². The fourth-order valence-corrected chi connectivity index (χ4v) is 1.73. The summed E-state index contributed by atoms with van der Waals surface area (Å²) in [6.45, 7) is 0. The molecule has 0 saturated carbocycles. The highest BCUT2D eigenvalue weighted by Gasteiger charge is 2.08. The predicted octanol–water partition coefficient (Wildman–Crippen LogP) is 1.60. The summed E-state index contributed by atoms with van der Waals surface area (Å²) in [4.78, 5) is 18.9. The van der Waals surface area contributed by atoms with Gasteiger partial charge >= 0.3 is 0 Å². The molecule has 0 aliphatic heterocycles. The van der Waals surface area contributed by atoms with Crippen LogP contribution in [0, 0.1) is 0 Å². The maximum Gasteiger partial charge on any atom is 0.166 e. The normalized spacial score (nSPS) is 10.6. The van der Waals surface area contributed by atoms with E-state index in [1.54, 1.807) is 23.1 Å². The van der Waals surface area contributed by atoms with Gasteiger partial charge in [0.15, 0.2) is 11.9 Å². The number of carbonyl (C=O) groups is 1. The minimum atomic E-state index is 0.487. The number of pyridine rings is 1. The van der Waals surface area contributed by atoms with E-state index in [1.807, 2.05) is 18.2 Å². The zero-order chi connectivity index (χ0) is 11.7. The average Bonchev–Trinajstić information content (AvgIpc) is 2.82. The number of carbonyl (C=O) groups excluding carboxylic acids is 1. The zero-order valence-electron chi connectivity index (χ0n) is 8.82. The van der Waals surface area contributed by atoms with Crippen LogP contribution in [0.15, 0.2) is 43.0 Å². The first kappa shape index (κ1) is 9.65. The molecule has 17 heavy (non-hydrogen) atoms. The molecule has 0 unspecified atom stereocenters. The number of hydrogen-bond donors (Lipinski definition) is 0. The molecule has 3 heterocycles. The van der Waals surface area contributed by atoms with Crippen LogP contribution in [0.25, 0.3) is 16.9 Å². The van der Waals surface area contributed by atoms with Crippen LogP contribution in [-0.4, -0.2) is 25.9 Å². The molecule has 3 aromatic heterocycles. The van der Waals surface area contributed by atoms with Crippen molar-refractivity contribution in [2.75, 3.05) is 0 Å². The predicted molar refractivity (Wildman–Crippen MR) is 61.6 cm³/mol. The smallest absolute Gasteiger partial charge is 0.166 e. The van der Waals surface area contributed by atoms with Crippen molar-refractivity contribution in [2.24, 2.45) is 0 Å². The fourth-order valence-electron chi connectivity index (χ4n) is 1.73. The molecule has 0 bridgehead atoms. The first-order chi connectivity index (χ1) is 8.40. The molecular weight excluding hydrogens is 216 g/mol. The number of hydrogen-bond acceptors (Lipinski definition) is 4. The molecule has 0 fully saturated rings. The summed E-state index contributed by atoms with van der Waals surface area (Å²) in [7, 11) is 0. The second kappa shape index (κ2) is 3.79. The van der Waals surface area contributed by atoms with Crippen LogP contribution in [0.3, 0.4) is 0 Å². The summed E-state index contributed by atoms with van der Waals surface area (Å²) in [5.74, 6) is 0. The summed E-state index contributed by atoms with van der Waals surface area (Å²) in [6.07, 6.45) is 7.36. The van der Waals surface area contributed by atoms with E-state index in [4.69, 9.17) is 0 Å². The van der Waals surface area contributed by atoms with E-state index >= 15 is 0 Å². The van der Waals surface area contributed by atoms with Crippen molar-refractivity contribution in [3.05, 3.63) is 48.5 Å². The Morgan fingerprint density at radius 2 is 1.94 bits per heavy atom. The molecule has 82 valence electrons. The van der Waals surface area contributed by atoms with Crippen LogP contribution in [0.1, 0.15) is 10.4 Å². The number of nitrogens with zero attached hydrogens (tertiary/aromatic N) is 4. The minimum absolute atomic E-state index is 0.487. The number of fused-ring (bicyclic) bond motifs is 1. The highest BCUT2D eigenvalue weighted by atomic mass is 16.1. The van der Waals surface area contributed by atoms with Crippen LogP contribution in [0.4, 0.5) is 0 Å². The highest BCUT2D eigenvalue weighted by molar-refractivity contribution is 5.84. The Labute approximate surface area is 96.8 Å². The Morgan fingerprint density at radius 3 is 2.71 bits per heavy atom. The van der Waals surface area contributed by atoms with Gasteiger partial charge in [-0.2, -0.15) is 5.10 Å². The molecule has 0 spiro atoms. The topological polar surface area (TPSA) is 60.2 Å². The largest absolute Gasteiger partial charge is 0.298 e. The minimum Gasteiger partial charge on any atom is -0.298 e. The molecule has 3 rings (SSSR count). The van der Waals surface area contributed by atoms with Crippen molar-refractivity contribution < 1.29 is 4.79 Å². The Balaban J connectivity index is 2.31. The van der Waals surface area contributed by atoms with E-state index in [0.717, 1.165) is 17.5 Å². The molecule has 5 heteroatoms.